The number of benzene rings is 1. The first kappa shape index (κ1) is 16.8. The fourth-order valence-electron chi connectivity index (χ4n) is 3.00. The maximum atomic E-state index is 12.2. The largest absolute Gasteiger partial charge is 0.444 e. The van der Waals surface area contributed by atoms with Crippen LogP contribution in [0.5, 0.6) is 0 Å². The highest BCUT2D eigenvalue weighted by Gasteiger charge is 2.34. The molecule has 1 heterocycles. The van der Waals surface area contributed by atoms with Gasteiger partial charge < -0.3 is 15.0 Å². The van der Waals surface area contributed by atoms with Gasteiger partial charge in [-0.3, -0.25) is 0 Å². The van der Waals surface area contributed by atoms with Crippen molar-refractivity contribution in [1.29, 1.82) is 0 Å². The molecule has 1 saturated heterocycles. The third-order valence-corrected chi connectivity index (χ3v) is 4.10. The summed E-state index contributed by atoms with van der Waals surface area (Å²) < 4.78 is 5.47. The Labute approximate surface area is 133 Å². The lowest BCUT2D eigenvalue weighted by molar-refractivity contribution is 0.0285. The van der Waals surface area contributed by atoms with Crippen LogP contribution in [0.3, 0.4) is 0 Å². The molecule has 1 fully saturated rings. The fraction of sp³-hybridized carbons (Fsp3) is 0.611. The van der Waals surface area contributed by atoms with Crippen LogP contribution in [0.25, 0.3) is 0 Å². The Morgan fingerprint density at radius 2 is 1.95 bits per heavy atom. The Morgan fingerprint density at radius 3 is 2.50 bits per heavy atom. The van der Waals surface area contributed by atoms with Gasteiger partial charge in [0.1, 0.15) is 5.60 Å². The molecular formula is C18H28N2O2. The van der Waals surface area contributed by atoms with Crippen molar-refractivity contribution in [2.24, 2.45) is 5.92 Å². The number of carbonyl (C=O) groups is 1. The zero-order valence-electron chi connectivity index (χ0n) is 14.3. The first-order valence-electron chi connectivity index (χ1n) is 8.02. The van der Waals surface area contributed by atoms with Crippen LogP contribution in [0.15, 0.2) is 24.3 Å². The third-order valence-electron chi connectivity index (χ3n) is 4.10. The molecule has 0 radical (unpaired) electrons. The summed E-state index contributed by atoms with van der Waals surface area (Å²) in [5, 5.41) is 3.41. The molecule has 2 rings (SSSR count). The smallest absolute Gasteiger partial charge is 0.410 e. The Balaban J connectivity index is 2.01. The SMILES string of the molecule is CNC(c1ccc(C)cc1)C1CCN(C(=O)OC(C)(C)C)C1. The number of nitrogens with one attached hydrogen (secondary N) is 1. The average molecular weight is 304 g/mol. The van der Waals surface area contributed by atoms with Crippen molar-refractivity contribution in [2.75, 3.05) is 20.1 Å². The molecule has 1 aromatic rings. The maximum Gasteiger partial charge on any atom is 0.410 e. The van der Waals surface area contributed by atoms with E-state index in [9.17, 15) is 4.79 Å². The van der Waals surface area contributed by atoms with E-state index in [4.69, 9.17) is 4.74 Å². The Kier molecular flexibility index (Phi) is 5.12. The average Bonchev–Trinajstić information content (AvgIpc) is 2.89. The molecule has 1 aliphatic rings. The first-order chi connectivity index (χ1) is 10.3. The van der Waals surface area contributed by atoms with Crippen LogP contribution in [-0.2, 0) is 4.74 Å². The van der Waals surface area contributed by atoms with Crippen LogP contribution >= 0.6 is 0 Å². The molecule has 1 N–H and O–H groups in total. The fourth-order valence-corrected chi connectivity index (χ4v) is 3.00. The molecule has 2 atom stereocenters. The van der Waals surface area contributed by atoms with Crippen molar-refractivity contribution < 1.29 is 9.53 Å². The van der Waals surface area contributed by atoms with Crippen LogP contribution in [0.1, 0.15) is 44.4 Å². The second kappa shape index (κ2) is 6.69. The highest BCUT2D eigenvalue weighted by atomic mass is 16.6. The Bertz CT molecular complexity index is 505. The second-order valence-corrected chi connectivity index (χ2v) is 7.15. The number of amides is 1. The molecule has 4 nitrogen and oxygen atoms in total. The van der Waals surface area contributed by atoms with Gasteiger partial charge in [-0.15, -0.1) is 0 Å². The zero-order valence-corrected chi connectivity index (χ0v) is 14.3. The monoisotopic (exact) mass is 304 g/mol. The van der Waals surface area contributed by atoms with Crippen molar-refractivity contribution in [3.63, 3.8) is 0 Å². The van der Waals surface area contributed by atoms with Crippen LogP contribution in [0.2, 0.25) is 0 Å². The summed E-state index contributed by atoms with van der Waals surface area (Å²) in [5.74, 6) is 0.417. The number of hydrogen-bond donors (Lipinski definition) is 1. The third kappa shape index (κ3) is 4.23. The molecule has 0 aliphatic carbocycles. The normalized spacial score (nSPS) is 20.0. The van der Waals surface area contributed by atoms with Crippen molar-refractivity contribution in [3.05, 3.63) is 35.4 Å². The van der Waals surface area contributed by atoms with Gasteiger partial charge in [-0.05, 0) is 52.6 Å². The van der Waals surface area contributed by atoms with Gasteiger partial charge in [0, 0.05) is 19.1 Å². The lowest BCUT2D eigenvalue weighted by atomic mass is 9.92. The van der Waals surface area contributed by atoms with Gasteiger partial charge in [0.15, 0.2) is 0 Å². The van der Waals surface area contributed by atoms with E-state index in [1.54, 1.807) is 0 Å². The van der Waals surface area contributed by atoms with E-state index < -0.39 is 5.60 Å². The standard InChI is InChI=1S/C18H28N2O2/c1-13-6-8-14(9-7-13)16(19-5)15-10-11-20(12-15)17(21)22-18(2,3)4/h6-9,15-16,19H,10-12H2,1-5H3. The minimum absolute atomic E-state index is 0.200. The maximum absolute atomic E-state index is 12.2. The predicted octanol–water partition coefficient (Wildman–Crippen LogP) is 3.51. The van der Waals surface area contributed by atoms with Gasteiger partial charge in [0.25, 0.3) is 0 Å². The molecule has 1 amide bonds. The Morgan fingerprint density at radius 1 is 1.32 bits per heavy atom. The first-order valence-corrected chi connectivity index (χ1v) is 8.02. The zero-order chi connectivity index (χ0) is 16.3. The van der Waals surface area contributed by atoms with E-state index in [1.807, 2.05) is 32.7 Å². The molecule has 122 valence electrons. The van der Waals surface area contributed by atoms with Gasteiger partial charge >= 0.3 is 6.09 Å². The molecule has 1 aromatic carbocycles. The summed E-state index contributed by atoms with van der Waals surface area (Å²) in [6.45, 7) is 9.32. The van der Waals surface area contributed by atoms with Crippen LogP contribution in [0.4, 0.5) is 4.79 Å². The molecule has 0 aromatic heterocycles. The van der Waals surface area contributed by atoms with Gasteiger partial charge in [0.05, 0.1) is 0 Å². The van der Waals surface area contributed by atoms with Gasteiger partial charge in [-0.25, -0.2) is 4.79 Å². The Hall–Kier alpha value is -1.55. The highest BCUT2D eigenvalue weighted by molar-refractivity contribution is 5.68. The van der Waals surface area contributed by atoms with Crippen LogP contribution in [0, 0.1) is 12.8 Å². The molecule has 2 unspecified atom stereocenters. The van der Waals surface area contributed by atoms with E-state index in [0.29, 0.717) is 5.92 Å². The van der Waals surface area contributed by atoms with Crippen LogP contribution in [-0.4, -0.2) is 36.7 Å². The van der Waals surface area contributed by atoms with Crippen molar-refractivity contribution >= 4 is 6.09 Å². The van der Waals surface area contributed by atoms with Gasteiger partial charge in [0.2, 0.25) is 0 Å². The summed E-state index contributed by atoms with van der Waals surface area (Å²) in [4.78, 5) is 14.0. The second-order valence-electron chi connectivity index (χ2n) is 7.15. The quantitative estimate of drug-likeness (QED) is 0.929. The summed E-state index contributed by atoms with van der Waals surface area (Å²) >= 11 is 0. The van der Waals surface area contributed by atoms with E-state index in [-0.39, 0.29) is 12.1 Å². The lowest BCUT2D eigenvalue weighted by Crippen LogP contribution is -2.36. The van der Waals surface area contributed by atoms with Crippen LogP contribution < -0.4 is 5.32 Å². The molecular weight excluding hydrogens is 276 g/mol. The summed E-state index contributed by atoms with van der Waals surface area (Å²) in [7, 11) is 1.99. The lowest BCUT2D eigenvalue weighted by Gasteiger charge is -2.26. The molecule has 1 aliphatic heterocycles. The van der Waals surface area contributed by atoms with Crippen molar-refractivity contribution in [2.45, 2.75) is 45.8 Å². The number of nitrogens with zero attached hydrogens (tertiary/aromatic N) is 1. The van der Waals surface area contributed by atoms with E-state index in [0.717, 1.165) is 19.5 Å². The van der Waals surface area contributed by atoms with Gasteiger partial charge in [-0.2, -0.15) is 0 Å². The minimum atomic E-state index is -0.436. The topological polar surface area (TPSA) is 41.6 Å². The van der Waals surface area contributed by atoms with Gasteiger partial charge in [-0.1, -0.05) is 29.8 Å². The minimum Gasteiger partial charge on any atom is -0.444 e. The number of rotatable bonds is 3. The number of ether oxygens (including phenoxy) is 1. The molecule has 0 saturated carbocycles. The predicted molar refractivity (Wildman–Crippen MR) is 88.9 cm³/mol. The van der Waals surface area contributed by atoms with Crippen molar-refractivity contribution in [3.8, 4) is 0 Å². The molecule has 22 heavy (non-hydrogen) atoms. The summed E-state index contributed by atoms with van der Waals surface area (Å²) in [6, 6.07) is 8.90. The van der Waals surface area contributed by atoms with Crippen molar-refractivity contribution in [1.82, 2.24) is 10.2 Å². The van der Waals surface area contributed by atoms with E-state index in [1.165, 1.54) is 11.1 Å². The number of hydrogen-bond acceptors (Lipinski definition) is 3. The summed E-state index contributed by atoms with van der Waals surface area (Å²) in [5.41, 5.74) is 2.11. The molecule has 0 spiro atoms. The van der Waals surface area contributed by atoms with E-state index in [2.05, 4.69) is 36.5 Å². The number of carbonyl (C=O) groups excluding carboxylic acids is 1. The van der Waals surface area contributed by atoms with E-state index >= 15 is 0 Å². The highest BCUT2D eigenvalue weighted by Crippen LogP contribution is 2.30. The number of likely N-dealkylation sites (tertiary alicyclic amines) is 1. The summed E-state index contributed by atoms with van der Waals surface area (Å²) in [6.07, 6.45) is 0.798. The molecule has 4 heteroatoms. The molecule has 0 bridgehead atoms. The number of aryl methyl sites for hydroxylation is 1.